The first-order chi connectivity index (χ1) is 7.31. The summed E-state index contributed by atoms with van der Waals surface area (Å²) < 4.78 is 0. The maximum absolute atomic E-state index is 8.61. The van der Waals surface area contributed by atoms with Crippen LogP contribution in [0, 0.1) is 18.3 Å². The molecule has 0 fully saturated rings. The molecule has 0 aliphatic rings. The summed E-state index contributed by atoms with van der Waals surface area (Å²) in [4.78, 5) is 11.5. The molecule has 1 N–H and O–H groups in total. The van der Waals surface area contributed by atoms with Crippen LogP contribution in [0.5, 0.6) is 0 Å². The molecule has 4 heteroatoms. The number of hydrogen-bond acceptors (Lipinski definition) is 3. The van der Waals surface area contributed by atoms with Gasteiger partial charge in [0.05, 0.1) is 18.2 Å². The van der Waals surface area contributed by atoms with E-state index in [1.54, 1.807) is 12.4 Å². The lowest BCUT2D eigenvalue weighted by molar-refractivity contribution is 1.12. The van der Waals surface area contributed by atoms with E-state index in [0.29, 0.717) is 6.42 Å². The quantitative estimate of drug-likeness (QED) is 0.800. The standard InChI is InChI=1S/C11H10N4/c1-8-10(4-5-12)15-11(14-8)9-3-2-6-13-7-9/h2-3,6-7H,4H2,1H3,(H,14,15). The summed E-state index contributed by atoms with van der Waals surface area (Å²) >= 11 is 0. The zero-order valence-corrected chi connectivity index (χ0v) is 8.36. The van der Waals surface area contributed by atoms with E-state index in [2.05, 4.69) is 21.0 Å². The Labute approximate surface area is 87.6 Å². The Kier molecular flexibility index (Phi) is 2.46. The van der Waals surface area contributed by atoms with Crippen molar-refractivity contribution in [2.45, 2.75) is 13.3 Å². The molecule has 2 heterocycles. The second kappa shape index (κ2) is 3.93. The van der Waals surface area contributed by atoms with Gasteiger partial charge in [0, 0.05) is 23.7 Å². The molecule has 0 bridgehead atoms. The number of aryl methyl sites for hydroxylation is 1. The molecule has 0 aromatic carbocycles. The fourth-order valence-corrected chi connectivity index (χ4v) is 1.38. The third-order valence-electron chi connectivity index (χ3n) is 2.17. The van der Waals surface area contributed by atoms with Crippen molar-refractivity contribution < 1.29 is 0 Å². The second-order valence-electron chi connectivity index (χ2n) is 3.23. The number of pyridine rings is 1. The lowest BCUT2D eigenvalue weighted by Gasteiger charge is -1.92. The largest absolute Gasteiger partial charge is 0.342 e. The summed E-state index contributed by atoms with van der Waals surface area (Å²) in [6, 6.07) is 5.88. The van der Waals surface area contributed by atoms with Crippen molar-refractivity contribution in [3.8, 4) is 17.5 Å². The molecule has 0 radical (unpaired) electrons. The summed E-state index contributed by atoms with van der Waals surface area (Å²) in [5.74, 6) is 0.769. The minimum absolute atomic E-state index is 0.336. The molecule has 0 atom stereocenters. The van der Waals surface area contributed by atoms with Gasteiger partial charge in [-0.3, -0.25) is 4.98 Å². The first-order valence-electron chi connectivity index (χ1n) is 4.64. The van der Waals surface area contributed by atoms with Gasteiger partial charge < -0.3 is 4.98 Å². The van der Waals surface area contributed by atoms with Gasteiger partial charge in [-0.25, -0.2) is 4.98 Å². The Bertz CT molecular complexity index is 493. The van der Waals surface area contributed by atoms with Gasteiger partial charge in [0.1, 0.15) is 5.82 Å². The van der Waals surface area contributed by atoms with Crippen LogP contribution >= 0.6 is 0 Å². The van der Waals surface area contributed by atoms with Crippen molar-refractivity contribution in [2.24, 2.45) is 0 Å². The lowest BCUT2D eigenvalue weighted by Crippen LogP contribution is -1.84. The van der Waals surface area contributed by atoms with Crippen LogP contribution in [0.3, 0.4) is 0 Å². The highest BCUT2D eigenvalue weighted by molar-refractivity contribution is 5.54. The molecule has 2 aromatic rings. The molecule has 0 spiro atoms. The van der Waals surface area contributed by atoms with Gasteiger partial charge in [0.2, 0.25) is 0 Å². The highest BCUT2D eigenvalue weighted by atomic mass is 14.9. The number of hydrogen-bond donors (Lipinski definition) is 1. The average molecular weight is 198 g/mol. The Morgan fingerprint density at radius 1 is 1.53 bits per heavy atom. The van der Waals surface area contributed by atoms with Crippen LogP contribution < -0.4 is 0 Å². The van der Waals surface area contributed by atoms with Gasteiger partial charge in [-0.05, 0) is 19.1 Å². The molecule has 4 nitrogen and oxygen atoms in total. The Morgan fingerprint density at radius 2 is 2.40 bits per heavy atom. The number of imidazole rings is 1. The van der Waals surface area contributed by atoms with E-state index in [0.717, 1.165) is 22.8 Å². The van der Waals surface area contributed by atoms with Gasteiger partial charge >= 0.3 is 0 Å². The van der Waals surface area contributed by atoms with Crippen LogP contribution in [0.2, 0.25) is 0 Å². The van der Waals surface area contributed by atoms with Crippen LogP contribution in [-0.4, -0.2) is 15.0 Å². The number of rotatable bonds is 2. The molecule has 0 saturated carbocycles. The van der Waals surface area contributed by atoms with Gasteiger partial charge in [0.25, 0.3) is 0 Å². The van der Waals surface area contributed by atoms with E-state index >= 15 is 0 Å². The number of aromatic nitrogens is 3. The van der Waals surface area contributed by atoms with E-state index in [1.807, 2.05) is 19.1 Å². The minimum Gasteiger partial charge on any atom is -0.342 e. The monoisotopic (exact) mass is 198 g/mol. The van der Waals surface area contributed by atoms with Crippen molar-refractivity contribution in [3.63, 3.8) is 0 Å². The van der Waals surface area contributed by atoms with Gasteiger partial charge in [-0.1, -0.05) is 0 Å². The summed E-state index contributed by atoms with van der Waals surface area (Å²) in [6.45, 7) is 1.92. The number of H-pyrrole nitrogens is 1. The van der Waals surface area contributed by atoms with Gasteiger partial charge in [-0.2, -0.15) is 5.26 Å². The zero-order valence-electron chi connectivity index (χ0n) is 8.36. The number of nitrogens with zero attached hydrogens (tertiary/aromatic N) is 3. The fourth-order valence-electron chi connectivity index (χ4n) is 1.38. The number of nitriles is 1. The fraction of sp³-hybridized carbons (Fsp3) is 0.182. The van der Waals surface area contributed by atoms with Crippen molar-refractivity contribution in [1.82, 2.24) is 15.0 Å². The van der Waals surface area contributed by atoms with E-state index in [-0.39, 0.29) is 0 Å². The summed E-state index contributed by atoms with van der Waals surface area (Å²) in [5, 5.41) is 8.61. The third-order valence-corrected chi connectivity index (χ3v) is 2.17. The minimum atomic E-state index is 0.336. The molecule has 0 unspecified atom stereocenters. The van der Waals surface area contributed by atoms with Crippen LogP contribution in [0.1, 0.15) is 11.4 Å². The highest BCUT2D eigenvalue weighted by Crippen LogP contribution is 2.16. The van der Waals surface area contributed by atoms with Crippen molar-refractivity contribution >= 4 is 0 Å². The summed E-state index contributed by atoms with van der Waals surface area (Å²) in [7, 11) is 0. The topological polar surface area (TPSA) is 65.4 Å². The molecule has 0 amide bonds. The van der Waals surface area contributed by atoms with Crippen molar-refractivity contribution in [2.75, 3.05) is 0 Å². The average Bonchev–Trinajstić information content (AvgIpc) is 2.63. The molecular weight excluding hydrogens is 188 g/mol. The SMILES string of the molecule is Cc1[nH]c(-c2cccnc2)nc1CC#N. The first-order valence-corrected chi connectivity index (χ1v) is 4.64. The maximum Gasteiger partial charge on any atom is 0.139 e. The van der Waals surface area contributed by atoms with Crippen molar-refractivity contribution in [3.05, 3.63) is 35.9 Å². The molecule has 0 aliphatic heterocycles. The van der Waals surface area contributed by atoms with E-state index in [1.165, 1.54) is 0 Å². The molecule has 15 heavy (non-hydrogen) atoms. The molecule has 0 aliphatic carbocycles. The van der Waals surface area contributed by atoms with Crippen molar-refractivity contribution in [1.29, 1.82) is 5.26 Å². The number of nitrogens with one attached hydrogen (secondary N) is 1. The maximum atomic E-state index is 8.61. The summed E-state index contributed by atoms with van der Waals surface area (Å²) in [5.41, 5.74) is 2.68. The van der Waals surface area contributed by atoms with Crippen LogP contribution in [0.15, 0.2) is 24.5 Å². The second-order valence-corrected chi connectivity index (χ2v) is 3.23. The Balaban J connectivity index is 2.40. The molecule has 2 rings (SSSR count). The summed E-state index contributed by atoms with van der Waals surface area (Å²) in [6.07, 6.45) is 3.80. The predicted molar refractivity (Wildman–Crippen MR) is 55.9 cm³/mol. The molecular formula is C11H10N4. The first kappa shape index (κ1) is 9.41. The lowest BCUT2D eigenvalue weighted by atomic mass is 10.3. The van der Waals surface area contributed by atoms with E-state index in [9.17, 15) is 0 Å². The Morgan fingerprint density at radius 3 is 3.07 bits per heavy atom. The van der Waals surface area contributed by atoms with E-state index in [4.69, 9.17) is 5.26 Å². The predicted octanol–water partition coefficient (Wildman–Crippen LogP) is 1.85. The van der Waals surface area contributed by atoms with Crippen LogP contribution in [0.25, 0.3) is 11.4 Å². The van der Waals surface area contributed by atoms with Gasteiger partial charge in [-0.15, -0.1) is 0 Å². The Hall–Kier alpha value is -2.15. The molecule has 0 saturated heterocycles. The van der Waals surface area contributed by atoms with E-state index < -0.39 is 0 Å². The van der Waals surface area contributed by atoms with Gasteiger partial charge in [0.15, 0.2) is 0 Å². The van der Waals surface area contributed by atoms with Crippen LogP contribution in [-0.2, 0) is 6.42 Å². The normalized spacial score (nSPS) is 9.87. The highest BCUT2D eigenvalue weighted by Gasteiger charge is 2.07. The smallest absolute Gasteiger partial charge is 0.139 e. The zero-order chi connectivity index (χ0) is 10.7. The third kappa shape index (κ3) is 1.86. The molecule has 2 aromatic heterocycles. The number of aromatic amines is 1. The van der Waals surface area contributed by atoms with Crippen LogP contribution in [0.4, 0.5) is 0 Å². The molecule has 74 valence electrons.